The van der Waals surface area contributed by atoms with Gasteiger partial charge in [0.2, 0.25) is 0 Å². The van der Waals surface area contributed by atoms with E-state index in [9.17, 15) is 9.59 Å². The highest BCUT2D eigenvalue weighted by Gasteiger charge is 2.34. The van der Waals surface area contributed by atoms with Gasteiger partial charge in [-0.05, 0) is 18.9 Å². The maximum absolute atomic E-state index is 12.6. The molecule has 0 unspecified atom stereocenters. The molecule has 2 aromatic carbocycles. The Morgan fingerprint density at radius 1 is 0.800 bits per heavy atom. The van der Waals surface area contributed by atoms with Crippen LogP contribution in [0.15, 0.2) is 24.3 Å². The van der Waals surface area contributed by atoms with Crippen LogP contribution >= 0.6 is 0 Å². The van der Waals surface area contributed by atoms with Gasteiger partial charge in [-0.25, -0.2) is 0 Å². The standard InChI is InChI=1S/C20H13N3O2/c24-19-15-13-9-5-1-3-7-11(9)21-17(13)18-14(16(15)20(25)23-19)10-6-2-4-8-12(10)22-18/h1,3,5-8,21-22H,2,4H2,(H,23,24,25). The van der Waals surface area contributed by atoms with Crippen molar-refractivity contribution in [2.75, 3.05) is 0 Å². The second-order valence-corrected chi connectivity index (χ2v) is 6.64. The first kappa shape index (κ1) is 13.0. The van der Waals surface area contributed by atoms with Crippen LogP contribution in [-0.2, 0) is 0 Å². The molecule has 0 saturated heterocycles. The molecule has 4 aromatic rings. The van der Waals surface area contributed by atoms with Crippen LogP contribution in [0.5, 0.6) is 0 Å². The maximum Gasteiger partial charge on any atom is 0.259 e. The Kier molecular flexibility index (Phi) is 2.18. The highest BCUT2D eigenvalue weighted by Crippen LogP contribution is 2.37. The van der Waals surface area contributed by atoms with Crippen molar-refractivity contribution in [3.8, 4) is 0 Å². The Hall–Kier alpha value is -3.34. The van der Waals surface area contributed by atoms with Crippen LogP contribution in [-0.4, -0.2) is 21.8 Å². The van der Waals surface area contributed by atoms with Gasteiger partial charge in [0.1, 0.15) is 0 Å². The first-order valence-corrected chi connectivity index (χ1v) is 8.38. The number of benzene rings is 2. The molecular formula is C20H13N3O2. The number of nitrogens with one attached hydrogen (secondary N) is 3. The van der Waals surface area contributed by atoms with Crippen LogP contribution < -0.4 is 15.9 Å². The summed E-state index contributed by atoms with van der Waals surface area (Å²) in [5.74, 6) is -0.621. The van der Waals surface area contributed by atoms with E-state index in [1.807, 2.05) is 24.3 Å². The molecule has 5 heteroatoms. The van der Waals surface area contributed by atoms with E-state index in [1.54, 1.807) is 0 Å². The number of imide groups is 1. The van der Waals surface area contributed by atoms with Gasteiger partial charge in [0, 0.05) is 32.2 Å². The van der Waals surface area contributed by atoms with Gasteiger partial charge < -0.3 is 9.97 Å². The molecule has 3 N–H and O–H groups in total. The second-order valence-electron chi connectivity index (χ2n) is 6.64. The zero-order valence-electron chi connectivity index (χ0n) is 13.2. The SMILES string of the molecule is O=C1NC(=O)c2c1c1c3c([nH]c1c1[nH]c4ccccc4c21)=CCCC=3. The first-order valence-electron chi connectivity index (χ1n) is 8.38. The largest absolute Gasteiger partial charge is 0.353 e. The minimum atomic E-state index is -0.314. The number of hydrogen-bond donors (Lipinski definition) is 3. The number of H-pyrrole nitrogens is 2. The van der Waals surface area contributed by atoms with Crippen molar-refractivity contribution in [3.63, 3.8) is 0 Å². The third kappa shape index (κ3) is 1.44. The van der Waals surface area contributed by atoms with E-state index >= 15 is 0 Å². The summed E-state index contributed by atoms with van der Waals surface area (Å²) in [5, 5.41) is 7.18. The molecule has 1 aliphatic heterocycles. The normalized spacial score (nSPS) is 16.0. The lowest BCUT2D eigenvalue weighted by atomic mass is 9.97. The van der Waals surface area contributed by atoms with Gasteiger partial charge in [-0.1, -0.05) is 30.4 Å². The lowest BCUT2D eigenvalue weighted by molar-refractivity contribution is 0.0880. The van der Waals surface area contributed by atoms with E-state index in [2.05, 4.69) is 27.4 Å². The summed E-state index contributed by atoms with van der Waals surface area (Å²) in [7, 11) is 0. The van der Waals surface area contributed by atoms with Crippen LogP contribution in [0.4, 0.5) is 0 Å². The molecule has 2 aromatic heterocycles. The average molecular weight is 327 g/mol. The Bertz CT molecular complexity index is 1400. The van der Waals surface area contributed by atoms with E-state index < -0.39 is 0 Å². The number of aromatic nitrogens is 2. The van der Waals surface area contributed by atoms with Crippen molar-refractivity contribution < 1.29 is 9.59 Å². The van der Waals surface area contributed by atoms with Gasteiger partial charge in [-0.2, -0.15) is 0 Å². The maximum atomic E-state index is 12.6. The van der Waals surface area contributed by atoms with Crippen LogP contribution in [0.3, 0.4) is 0 Å². The van der Waals surface area contributed by atoms with E-state index in [-0.39, 0.29) is 11.8 Å². The van der Waals surface area contributed by atoms with Gasteiger partial charge in [0.05, 0.1) is 22.2 Å². The van der Waals surface area contributed by atoms with Crippen LogP contribution in [0, 0.1) is 0 Å². The zero-order chi connectivity index (χ0) is 16.7. The monoisotopic (exact) mass is 327 g/mol. The fraction of sp³-hybridized carbons (Fsp3) is 0.100. The predicted molar refractivity (Wildman–Crippen MR) is 96.9 cm³/mol. The fourth-order valence-electron chi connectivity index (χ4n) is 4.33. The summed E-state index contributed by atoms with van der Waals surface area (Å²) < 4.78 is 0. The van der Waals surface area contributed by atoms with E-state index in [0.29, 0.717) is 11.1 Å². The Morgan fingerprint density at radius 3 is 2.40 bits per heavy atom. The quantitative estimate of drug-likeness (QED) is 0.432. The van der Waals surface area contributed by atoms with Gasteiger partial charge in [0.25, 0.3) is 11.8 Å². The molecule has 0 radical (unpaired) electrons. The number of amides is 2. The molecule has 0 saturated carbocycles. The van der Waals surface area contributed by atoms with Crippen molar-refractivity contribution >= 4 is 56.7 Å². The summed E-state index contributed by atoms with van der Waals surface area (Å²) in [6.45, 7) is 0. The lowest BCUT2D eigenvalue weighted by Crippen LogP contribution is -2.26. The number of fused-ring (bicyclic) bond motifs is 10. The van der Waals surface area contributed by atoms with Crippen molar-refractivity contribution in [1.29, 1.82) is 0 Å². The highest BCUT2D eigenvalue weighted by atomic mass is 16.2. The van der Waals surface area contributed by atoms with Gasteiger partial charge in [-0.15, -0.1) is 0 Å². The highest BCUT2D eigenvalue weighted by molar-refractivity contribution is 6.36. The van der Waals surface area contributed by atoms with Crippen molar-refractivity contribution in [2.45, 2.75) is 12.8 Å². The smallest absolute Gasteiger partial charge is 0.259 e. The van der Waals surface area contributed by atoms with Gasteiger partial charge in [0.15, 0.2) is 0 Å². The number of carbonyl (C=O) groups is 2. The zero-order valence-corrected chi connectivity index (χ0v) is 13.2. The van der Waals surface area contributed by atoms with Gasteiger partial charge >= 0.3 is 0 Å². The van der Waals surface area contributed by atoms with Gasteiger partial charge in [-0.3, -0.25) is 14.9 Å². The van der Waals surface area contributed by atoms with Crippen LogP contribution in [0.2, 0.25) is 0 Å². The number of aromatic amines is 2. The van der Waals surface area contributed by atoms with Crippen molar-refractivity contribution in [1.82, 2.24) is 15.3 Å². The second kappa shape index (κ2) is 4.19. The summed E-state index contributed by atoms with van der Waals surface area (Å²) >= 11 is 0. The molecular weight excluding hydrogens is 314 g/mol. The number of carbonyl (C=O) groups excluding carboxylic acids is 2. The van der Waals surface area contributed by atoms with Crippen LogP contribution in [0.25, 0.3) is 44.9 Å². The molecule has 0 atom stereocenters. The first-order chi connectivity index (χ1) is 12.2. The third-order valence-electron chi connectivity index (χ3n) is 5.32. The minimum Gasteiger partial charge on any atom is -0.353 e. The molecule has 5 nitrogen and oxygen atoms in total. The van der Waals surface area contributed by atoms with E-state index in [1.165, 1.54) is 0 Å². The topological polar surface area (TPSA) is 77.8 Å². The molecule has 120 valence electrons. The average Bonchev–Trinajstić information content (AvgIpc) is 3.26. The predicted octanol–water partition coefficient (Wildman–Crippen LogP) is 2.04. The third-order valence-corrected chi connectivity index (χ3v) is 5.32. The molecule has 0 spiro atoms. The van der Waals surface area contributed by atoms with Crippen molar-refractivity contribution in [3.05, 3.63) is 46.0 Å². The molecule has 3 heterocycles. The Balaban J connectivity index is 2.04. The molecule has 25 heavy (non-hydrogen) atoms. The summed E-state index contributed by atoms with van der Waals surface area (Å²) in [5.41, 5.74) is 3.73. The molecule has 2 amide bonds. The molecule has 0 fully saturated rings. The van der Waals surface area contributed by atoms with E-state index in [4.69, 9.17) is 0 Å². The minimum absolute atomic E-state index is 0.307. The van der Waals surface area contributed by atoms with E-state index in [0.717, 1.165) is 56.1 Å². The Labute approximate surface area is 141 Å². The molecule has 1 aliphatic carbocycles. The Morgan fingerprint density at radius 2 is 1.52 bits per heavy atom. The number of rotatable bonds is 0. The molecule has 0 bridgehead atoms. The summed E-state index contributed by atoms with van der Waals surface area (Å²) in [6.07, 6.45) is 6.22. The van der Waals surface area contributed by atoms with Crippen molar-refractivity contribution in [2.24, 2.45) is 0 Å². The number of para-hydroxylation sites is 1. The molecule has 2 aliphatic rings. The lowest BCUT2D eigenvalue weighted by Gasteiger charge is -2.02. The summed E-state index contributed by atoms with van der Waals surface area (Å²) in [4.78, 5) is 32.1. The molecule has 6 rings (SSSR count). The number of hydrogen-bond acceptors (Lipinski definition) is 2. The van der Waals surface area contributed by atoms with Crippen LogP contribution in [0.1, 0.15) is 33.6 Å². The summed E-state index contributed by atoms with van der Waals surface area (Å²) in [6, 6.07) is 7.88. The fourth-order valence-corrected chi connectivity index (χ4v) is 4.33.